The number of carbonyl (C=O) groups excluding carboxylic acids is 1. The molecule has 0 aliphatic heterocycles. The molecule has 0 saturated heterocycles. The molecule has 5 heteroatoms. The number of aryl methyl sites for hydroxylation is 1. The number of amides is 1. The van der Waals surface area contributed by atoms with E-state index < -0.39 is 0 Å². The van der Waals surface area contributed by atoms with Gasteiger partial charge in [0, 0.05) is 18.5 Å². The lowest BCUT2D eigenvalue weighted by molar-refractivity contribution is -0.122. The molecule has 2 rings (SSSR count). The lowest BCUT2D eigenvalue weighted by Crippen LogP contribution is -2.39. The van der Waals surface area contributed by atoms with Gasteiger partial charge in [0.15, 0.2) is 0 Å². The maximum atomic E-state index is 12.1. The van der Waals surface area contributed by atoms with Gasteiger partial charge in [0.2, 0.25) is 5.91 Å². The van der Waals surface area contributed by atoms with Gasteiger partial charge in [0.1, 0.15) is 11.5 Å². The molecular weight excluding hydrogens is 280 g/mol. The monoisotopic (exact) mass is 306 g/mol. The van der Waals surface area contributed by atoms with Crippen LogP contribution < -0.4 is 20.5 Å². The van der Waals surface area contributed by atoms with Gasteiger partial charge >= 0.3 is 0 Å². The first-order chi connectivity index (χ1) is 10.7. The number of hydrogen-bond acceptors (Lipinski definition) is 4. The molecule has 22 heavy (non-hydrogen) atoms. The Kier molecular flexibility index (Phi) is 6.07. The molecule has 1 aliphatic rings. The first-order valence-electron chi connectivity index (χ1n) is 7.87. The van der Waals surface area contributed by atoms with Crippen LogP contribution in [0.25, 0.3) is 0 Å². The van der Waals surface area contributed by atoms with Crippen molar-refractivity contribution in [2.45, 2.75) is 38.1 Å². The fourth-order valence-electron chi connectivity index (χ4n) is 3.06. The van der Waals surface area contributed by atoms with Crippen LogP contribution in [0.2, 0.25) is 0 Å². The second-order valence-electron chi connectivity index (χ2n) is 5.82. The molecule has 0 heterocycles. The molecule has 0 aromatic heterocycles. The third-order valence-corrected chi connectivity index (χ3v) is 4.36. The van der Waals surface area contributed by atoms with Crippen LogP contribution in [0.15, 0.2) is 18.2 Å². The molecule has 1 aliphatic carbocycles. The Morgan fingerprint density at radius 3 is 2.50 bits per heavy atom. The first kappa shape index (κ1) is 16.6. The summed E-state index contributed by atoms with van der Waals surface area (Å²) < 4.78 is 10.5. The number of methoxy groups -OCH3 is 2. The number of rotatable bonds is 7. The van der Waals surface area contributed by atoms with E-state index in [1.54, 1.807) is 14.2 Å². The molecule has 1 saturated carbocycles. The lowest BCUT2D eigenvalue weighted by atomic mass is 10.0. The van der Waals surface area contributed by atoms with Crippen LogP contribution in [-0.2, 0) is 11.2 Å². The van der Waals surface area contributed by atoms with E-state index in [1.807, 2.05) is 18.2 Å². The van der Waals surface area contributed by atoms with E-state index in [0.29, 0.717) is 25.3 Å². The highest BCUT2D eigenvalue weighted by Gasteiger charge is 2.27. The molecule has 0 bridgehead atoms. The Hall–Kier alpha value is -1.75. The molecule has 0 spiro atoms. The van der Waals surface area contributed by atoms with Crippen molar-refractivity contribution in [3.63, 3.8) is 0 Å². The zero-order valence-corrected chi connectivity index (χ0v) is 13.4. The highest BCUT2D eigenvalue weighted by Crippen LogP contribution is 2.25. The summed E-state index contributed by atoms with van der Waals surface area (Å²) in [7, 11) is 3.25. The summed E-state index contributed by atoms with van der Waals surface area (Å²) in [4.78, 5) is 12.1. The van der Waals surface area contributed by atoms with Crippen molar-refractivity contribution in [2.24, 2.45) is 11.7 Å². The van der Waals surface area contributed by atoms with Crippen molar-refractivity contribution in [2.75, 3.05) is 20.8 Å². The number of carbonyl (C=O) groups is 1. The topological polar surface area (TPSA) is 73.6 Å². The smallest absolute Gasteiger partial charge is 0.220 e. The summed E-state index contributed by atoms with van der Waals surface area (Å²) in [6.07, 6.45) is 4.44. The van der Waals surface area contributed by atoms with E-state index in [4.69, 9.17) is 15.2 Å². The number of ether oxygens (including phenoxy) is 2. The van der Waals surface area contributed by atoms with E-state index in [2.05, 4.69) is 5.32 Å². The van der Waals surface area contributed by atoms with E-state index in [9.17, 15) is 4.79 Å². The van der Waals surface area contributed by atoms with Crippen molar-refractivity contribution in [1.82, 2.24) is 5.32 Å². The van der Waals surface area contributed by atoms with Crippen molar-refractivity contribution in [3.05, 3.63) is 23.8 Å². The Balaban J connectivity index is 1.88. The average Bonchev–Trinajstić information content (AvgIpc) is 2.99. The summed E-state index contributed by atoms with van der Waals surface area (Å²) in [5.41, 5.74) is 6.79. The maximum Gasteiger partial charge on any atom is 0.220 e. The highest BCUT2D eigenvalue weighted by atomic mass is 16.5. The van der Waals surface area contributed by atoms with Crippen molar-refractivity contribution < 1.29 is 14.3 Å². The lowest BCUT2D eigenvalue weighted by Gasteiger charge is -2.19. The molecule has 1 fully saturated rings. The van der Waals surface area contributed by atoms with Crippen molar-refractivity contribution in [3.8, 4) is 11.5 Å². The fraction of sp³-hybridized carbons (Fsp3) is 0.588. The fourth-order valence-corrected chi connectivity index (χ4v) is 3.06. The summed E-state index contributed by atoms with van der Waals surface area (Å²) in [6.45, 7) is 0.651. The van der Waals surface area contributed by atoms with E-state index in [1.165, 1.54) is 0 Å². The maximum absolute atomic E-state index is 12.1. The quantitative estimate of drug-likeness (QED) is 0.806. The number of hydrogen-bond donors (Lipinski definition) is 2. The summed E-state index contributed by atoms with van der Waals surface area (Å²) in [5.74, 6) is 2.01. The Morgan fingerprint density at radius 1 is 1.23 bits per heavy atom. The largest absolute Gasteiger partial charge is 0.497 e. The minimum atomic E-state index is 0.0899. The average molecular weight is 306 g/mol. The van der Waals surface area contributed by atoms with Gasteiger partial charge in [-0.1, -0.05) is 6.42 Å². The second kappa shape index (κ2) is 8.03. The van der Waals surface area contributed by atoms with Gasteiger partial charge in [-0.25, -0.2) is 0 Å². The minimum Gasteiger partial charge on any atom is -0.497 e. The Labute approximate surface area is 132 Å². The molecule has 1 aromatic rings. The SMILES string of the molecule is COc1cc(CCC(=O)NC2CCCC2CN)cc(OC)c1. The molecular formula is C17H26N2O3. The van der Waals surface area contributed by atoms with Crippen LogP contribution in [-0.4, -0.2) is 32.7 Å². The zero-order chi connectivity index (χ0) is 15.9. The zero-order valence-electron chi connectivity index (χ0n) is 13.4. The number of benzene rings is 1. The van der Waals surface area contributed by atoms with Gasteiger partial charge in [-0.2, -0.15) is 0 Å². The number of nitrogens with one attached hydrogen (secondary N) is 1. The standard InChI is InChI=1S/C17H26N2O3/c1-21-14-8-12(9-15(10-14)22-2)6-7-17(20)19-16-5-3-4-13(16)11-18/h8-10,13,16H,3-7,11,18H2,1-2H3,(H,19,20). The van der Waals surface area contributed by atoms with Crippen LogP contribution in [0.1, 0.15) is 31.2 Å². The van der Waals surface area contributed by atoms with Gasteiger partial charge in [-0.05, 0) is 49.4 Å². The molecule has 1 amide bonds. The summed E-state index contributed by atoms with van der Waals surface area (Å²) >= 11 is 0. The third kappa shape index (κ3) is 4.37. The van der Waals surface area contributed by atoms with E-state index >= 15 is 0 Å². The van der Waals surface area contributed by atoms with Gasteiger partial charge in [-0.15, -0.1) is 0 Å². The Bertz CT molecular complexity index is 482. The minimum absolute atomic E-state index is 0.0899. The normalized spacial score (nSPS) is 20.7. The second-order valence-corrected chi connectivity index (χ2v) is 5.82. The van der Waals surface area contributed by atoms with Crippen molar-refractivity contribution >= 4 is 5.91 Å². The predicted molar refractivity (Wildman–Crippen MR) is 86.2 cm³/mol. The first-order valence-corrected chi connectivity index (χ1v) is 7.87. The van der Waals surface area contributed by atoms with Gasteiger partial charge in [-0.3, -0.25) is 4.79 Å². The number of nitrogens with two attached hydrogens (primary N) is 1. The molecule has 2 unspecified atom stereocenters. The van der Waals surface area contributed by atoms with E-state index in [-0.39, 0.29) is 11.9 Å². The molecule has 0 radical (unpaired) electrons. The molecule has 2 atom stereocenters. The van der Waals surface area contributed by atoms with Gasteiger partial charge in [0.05, 0.1) is 14.2 Å². The van der Waals surface area contributed by atoms with Crippen LogP contribution in [0, 0.1) is 5.92 Å². The van der Waals surface area contributed by atoms with Crippen LogP contribution in [0.5, 0.6) is 11.5 Å². The Morgan fingerprint density at radius 2 is 1.91 bits per heavy atom. The van der Waals surface area contributed by atoms with Crippen LogP contribution >= 0.6 is 0 Å². The van der Waals surface area contributed by atoms with Crippen molar-refractivity contribution in [1.29, 1.82) is 0 Å². The molecule has 5 nitrogen and oxygen atoms in total. The van der Waals surface area contributed by atoms with Crippen LogP contribution in [0.4, 0.5) is 0 Å². The van der Waals surface area contributed by atoms with Crippen LogP contribution in [0.3, 0.4) is 0 Å². The summed E-state index contributed by atoms with van der Waals surface area (Å²) in [6, 6.07) is 5.95. The molecule has 1 aromatic carbocycles. The van der Waals surface area contributed by atoms with E-state index in [0.717, 1.165) is 36.3 Å². The molecule has 3 N–H and O–H groups in total. The third-order valence-electron chi connectivity index (χ3n) is 4.36. The van der Waals surface area contributed by atoms with Gasteiger partial charge in [0.25, 0.3) is 0 Å². The summed E-state index contributed by atoms with van der Waals surface area (Å²) in [5, 5.41) is 3.13. The van der Waals surface area contributed by atoms with Gasteiger partial charge < -0.3 is 20.5 Å². The predicted octanol–water partition coefficient (Wildman–Crippen LogP) is 1.88. The molecule has 122 valence electrons. The highest BCUT2D eigenvalue weighted by molar-refractivity contribution is 5.76.